The maximum absolute atomic E-state index is 12.9. The third kappa shape index (κ3) is 3.27. The van der Waals surface area contributed by atoms with E-state index in [9.17, 15) is 10.4 Å². The number of likely N-dealkylation sites (N-methyl/N-ethyl adjacent to an activating group) is 1. The second-order valence-electron chi connectivity index (χ2n) is 7.33. The minimum atomic E-state index is -0.254. The molecule has 4 aromatic rings. The summed E-state index contributed by atoms with van der Waals surface area (Å²) in [4.78, 5) is 0. The zero-order valence-electron chi connectivity index (χ0n) is 16.8. The molecule has 29 heavy (non-hydrogen) atoms. The number of methoxy groups -OCH3 is 1. The van der Waals surface area contributed by atoms with Crippen LogP contribution in [-0.4, -0.2) is 36.0 Å². The molecular weight excluding hydrogens is 390 g/mol. The standard InChI is InChI=1S/C22H24ClN3O3/c1-4-26(28,5-2)11-10-24-20-9-7-16(29-3)13-18(20)19-14-25(27)21-12-15(23)6-8-17(21)22(19)24/h6-9,12-14H,4-5,10-11H2,1-3H3. The molecule has 0 fully saturated rings. The molecule has 0 radical (unpaired) electrons. The third-order valence-electron chi connectivity index (χ3n) is 5.89. The Hall–Kier alpha value is -2.54. The Labute approximate surface area is 174 Å². The van der Waals surface area contributed by atoms with E-state index >= 15 is 0 Å². The van der Waals surface area contributed by atoms with Crippen LogP contribution >= 0.6 is 11.6 Å². The number of quaternary nitrogens is 1. The fourth-order valence-corrected chi connectivity index (χ4v) is 4.20. The lowest BCUT2D eigenvalue weighted by atomic mass is 10.1. The molecule has 0 unspecified atom stereocenters. The van der Waals surface area contributed by atoms with E-state index in [4.69, 9.17) is 16.3 Å². The first-order valence-electron chi connectivity index (χ1n) is 9.79. The van der Waals surface area contributed by atoms with Gasteiger partial charge in [0.25, 0.3) is 0 Å². The maximum atomic E-state index is 12.9. The monoisotopic (exact) mass is 413 g/mol. The molecule has 7 heteroatoms. The quantitative estimate of drug-likeness (QED) is 0.201. The van der Waals surface area contributed by atoms with Gasteiger partial charge in [-0.3, -0.25) is 0 Å². The lowest BCUT2D eigenvalue weighted by Gasteiger charge is -2.41. The molecule has 4 rings (SSSR count). The van der Waals surface area contributed by atoms with Crippen LogP contribution < -0.4 is 9.47 Å². The minimum Gasteiger partial charge on any atom is -0.633 e. The van der Waals surface area contributed by atoms with Gasteiger partial charge in [-0.05, 0) is 44.2 Å². The SMILES string of the molecule is CC[N+]([O-])(CC)CCn1c2ccc(OC)cc2c2c[n+]([O-])c3cc(Cl)ccc3c21. The highest BCUT2D eigenvalue weighted by Gasteiger charge is 2.21. The van der Waals surface area contributed by atoms with E-state index in [2.05, 4.69) is 4.57 Å². The Bertz CT molecular complexity index is 1210. The molecule has 2 aromatic carbocycles. The maximum Gasteiger partial charge on any atom is 0.227 e. The number of pyridine rings is 1. The number of hydroxylamine groups is 3. The van der Waals surface area contributed by atoms with E-state index in [0.717, 1.165) is 37.7 Å². The van der Waals surface area contributed by atoms with E-state index in [1.165, 1.54) is 0 Å². The Morgan fingerprint density at radius 1 is 1.07 bits per heavy atom. The van der Waals surface area contributed by atoms with Crippen molar-refractivity contribution >= 4 is 44.3 Å². The van der Waals surface area contributed by atoms with Crippen LogP contribution in [0.5, 0.6) is 5.75 Å². The molecule has 0 amide bonds. The van der Waals surface area contributed by atoms with Gasteiger partial charge in [-0.15, -0.1) is 0 Å². The van der Waals surface area contributed by atoms with E-state index in [0.29, 0.717) is 36.7 Å². The molecule has 0 saturated carbocycles. The van der Waals surface area contributed by atoms with Crippen LogP contribution in [0, 0.1) is 10.4 Å². The van der Waals surface area contributed by atoms with Gasteiger partial charge in [-0.2, -0.15) is 4.73 Å². The number of rotatable bonds is 6. The van der Waals surface area contributed by atoms with Crippen molar-refractivity contribution in [2.75, 3.05) is 26.7 Å². The normalized spacial score (nSPS) is 12.3. The number of ether oxygens (including phenoxy) is 1. The van der Waals surface area contributed by atoms with Crippen LogP contribution in [0.15, 0.2) is 42.6 Å². The number of benzene rings is 2. The summed E-state index contributed by atoms with van der Waals surface area (Å²) in [5, 5.41) is 28.7. The van der Waals surface area contributed by atoms with Gasteiger partial charge in [-0.25, -0.2) is 0 Å². The summed E-state index contributed by atoms with van der Waals surface area (Å²) >= 11 is 6.14. The number of nitrogens with zero attached hydrogens (tertiary/aromatic N) is 3. The van der Waals surface area contributed by atoms with Crippen LogP contribution in [0.1, 0.15) is 13.8 Å². The lowest BCUT2D eigenvalue weighted by molar-refractivity contribution is -0.877. The Kier molecular flexibility index (Phi) is 5.02. The van der Waals surface area contributed by atoms with Gasteiger partial charge in [0, 0.05) is 22.0 Å². The molecule has 0 aliphatic carbocycles. The molecule has 0 aliphatic rings. The van der Waals surface area contributed by atoms with E-state index in [-0.39, 0.29) is 4.65 Å². The molecule has 2 heterocycles. The fraction of sp³-hybridized carbons (Fsp3) is 0.318. The van der Waals surface area contributed by atoms with Crippen molar-refractivity contribution in [2.45, 2.75) is 20.4 Å². The molecule has 0 spiro atoms. The average molecular weight is 414 g/mol. The summed E-state index contributed by atoms with van der Waals surface area (Å²) in [5.74, 6) is 0.723. The molecule has 0 saturated heterocycles. The van der Waals surface area contributed by atoms with E-state index < -0.39 is 0 Å². The first-order chi connectivity index (χ1) is 13.9. The van der Waals surface area contributed by atoms with Crippen LogP contribution in [0.25, 0.3) is 32.7 Å². The highest BCUT2D eigenvalue weighted by molar-refractivity contribution is 6.31. The summed E-state index contributed by atoms with van der Waals surface area (Å²) in [6, 6.07) is 11.2. The van der Waals surface area contributed by atoms with E-state index in [1.807, 2.05) is 38.1 Å². The smallest absolute Gasteiger partial charge is 0.227 e. The summed E-state index contributed by atoms with van der Waals surface area (Å²) in [6.07, 6.45) is 1.59. The highest BCUT2D eigenvalue weighted by atomic mass is 35.5. The molecular formula is C22H24ClN3O3. The van der Waals surface area contributed by atoms with Crippen LogP contribution in [0.2, 0.25) is 5.02 Å². The average Bonchev–Trinajstić information content (AvgIpc) is 3.05. The second-order valence-corrected chi connectivity index (χ2v) is 7.76. The zero-order chi connectivity index (χ0) is 20.8. The van der Waals surface area contributed by atoms with Gasteiger partial charge in [0.1, 0.15) is 5.75 Å². The van der Waals surface area contributed by atoms with Crippen molar-refractivity contribution in [1.29, 1.82) is 0 Å². The number of fused-ring (bicyclic) bond motifs is 5. The minimum absolute atomic E-state index is 0.254. The van der Waals surface area contributed by atoms with Gasteiger partial charge in [0.05, 0.1) is 49.6 Å². The third-order valence-corrected chi connectivity index (χ3v) is 6.13. The van der Waals surface area contributed by atoms with Gasteiger partial charge in [0.2, 0.25) is 5.52 Å². The molecule has 0 N–H and O–H groups in total. The highest BCUT2D eigenvalue weighted by Crippen LogP contribution is 2.35. The van der Waals surface area contributed by atoms with Crippen LogP contribution in [0.3, 0.4) is 0 Å². The van der Waals surface area contributed by atoms with Crippen molar-refractivity contribution < 1.29 is 14.1 Å². The number of aromatic nitrogens is 2. The second kappa shape index (κ2) is 7.37. The number of halogens is 1. The number of hydrogen-bond donors (Lipinski definition) is 0. The molecule has 6 nitrogen and oxygen atoms in total. The first kappa shape index (κ1) is 19.8. The Morgan fingerprint density at radius 2 is 1.83 bits per heavy atom. The zero-order valence-corrected chi connectivity index (χ0v) is 17.6. The van der Waals surface area contributed by atoms with Crippen molar-refractivity contribution in [3.05, 3.63) is 58.0 Å². The van der Waals surface area contributed by atoms with Gasteiger partial charge >= 0.3 is 0 Å². The van der Waals surface area contributed by atoms with Crippen molar-refractivity contribution in [3.8, 4) is 5.75 Å². The van der Waals surface area contributed by atoms with Crippen molar-refractivity contribution in [3.63, 3.8) is 0 Å². The fourth-order valence-electron chi connectivity index (χ4n) is 4.04. The summed E-state index contributed by atoms with van der Waals surface area (Å²) in [5.41, 5.74) is 2.42. The van der Waals surface area contributed by atoms with Gasteiger partial charge < -0.3 is 24.4 Å². The van der Waals surface area contributed by atoms with E-state index in [1.54, 1.807) is 25.4 Å². The topological polar surface area (TPSA) is 64.2 Å². The molecule has 2 aromatic heterocycles. The Balaban J connectivity index is 2.05. The van der Waals surface area contributed by atoms with Crippen molar-refractivity contribution in [2.24, 2.45) is 0 Å². The lowest BCUT2D eigenvalue weighted by Crippen LogP contribution is -2.43. The Morgan fingerprint density at radius 3 is 2.52 bits per heavy atom. The molecule has 152 valence electrons. The summed E-state index contributed by atoms with van der Waals surface area (Å²) in [6.45, 7) is 5.91. The van der Waals surface area contributed by atoms with Crippen LogP contribution in [-0.2, 0) is 6.54 Å². The predicted octanol–water partition coefficient (Wildman–Crippen LogP) is 4.60. The predicted molar refractivity (Wildman–Crippen MR) is 117 cm³/mol. The number of hydrogen-bond acceptors (Lipinski definition) is 3. The molecule has 0 bridgehead atoms. The summed E-state index contributed by atoms with van der Waals surface area (Å²) < 4.78 is 8.15. The summed E-state index contributed by atoms with van der Waals surface area (Å²) in [7, 11) is 1.62. The van der Waals surface area contributed by atoms with Gasteiger partial charge in [0.15, 0.2) is 6.20 Å². The largest absolute Gasteiger partial charge is 0.633 e. The van der Waals surface area contributed by atoms with Crippen LogP contribution in [0.4, 0.5) is 0 Å². The van der Waals surface area contributed by atoms with Crippen molar-refractivity contribution in [1.82, 2.24) is 4.57 Å². The first-order valence-corrected chi connectivity index (χ1v) is 10.2. The molecule has 0 aliphatic heterocycles. The van der Waals surface area contributed by atoms with Gasteiger partial charge in [-0.1, -0.05) is 11.6 Å². The molecule has 0 atom stereocenters.